The smallest absolute Gasteiger partial charge is 0.246 e. The summed E-state index contributed by atoms with van der Waals surface area (Å²) in [6.07, 6.45) is 1.56. The van der Waals surface area contributed by atoms with E-state index in [1.54, 1.807) is 4.90 Å². The van der Waals surface area contributed by atoms with Crippen LogP contribution in [0.2, 0.25) is 0 Å². The van der Waals surface area contributed by atoms with Gasteiger partial charge in [-0.2, -0.15) is 0 Å². The fourth-order valence-electron chi connectivity index (χ4n) is 2.37. The first kappa shape index (κ1) is 14.0. The van der Waals surface area contributed by atoms with Gasteiger partial charge in [0.05, 0.1) is 0 Å². The highest BCUT2D eigenvalue weighted by Crippen LogP contribution is 2.21. The van der Waals surface area contributed by atoms with E-state index in [0.717, 1.165) is 6.42 Å². The fourth-order valence-corrected chi connectivity index (χ4v) is 2.37. The summed E-state index contributed by atoms with van der Waals surface area (Å²) in [5.74, 6) is 0.248. The van der Waals surface area contributed by atoms with Crippen molar-refractivity contribution in [2.24, 2.45) is 5.92 Å². The largest absolute Gasteiger partial charge is 0.342 e. The summed E-state index contributed by atoms with van der Waals surface area (Å²) >= 11 is 0. The van der Waals surface area contributed by atoms with E-state index >= 15 is 0 Å². The molecule has 0 saturated carbocycles. The number of nitrogens with one attached hydrogen (secondary N) is 1. The van der Waals surface area contributed by atoms with Crippen LogP contribution in [0, 0.1) is 5.92 Å². The van der Waals surface area contributed by atoms with Gasteiger partial charge in [-0.05, 0) is 26.2 Å². The second-order valence-corrected chi connectivity index (χ2v) is 5.14. The molecule has 1 N–H and O–H groups in total. The molecule has 3 atom stereocenters. The summed E-state index contributed by atoms with van der Waals surface area (Å²) in [7, 11) is 0. The first-order valence-electron chi connectivity index (χ1n) is 6.56. The minimum absolute atomic E-state index is 0.00824. The van der Waals surface area contributed by atoms with Gasteiger partial charge in [0.1, 0.15) is 12.1 Å². The molecule has 0 bridgehead atoms. The maximum absolute atomic E-state index is 12.4. The number of carbonyl (C=O) groups excluding carboxylic acids is 2. The molecular formula is C13H24N2O2. The second kappa shape index (κ2) is 5.52. The van der Waals surface area contributed by atoms with Crippen molar-refractivity contribution in [3.05, 3.63) is 0 Å². The average molecular weight is 240 g/mol. The van der Waals surface area contributed by atoms with E-state index in [9.17, 15) is 9.59 Å². The minimum atomic E-state index is -0.349. The maximum Gasteiger partial charge on any atom is 0.246 e. The van der Waals surface area contributed by atoms with Crippen LogP contribution < -0.4 is 5.32 Å². The number of carbonyl (C=O) groups is 2. The van der Waals surface area contributed by atoms with Gasteiger partial charge >= 0.3 is 0 Å². The lowest BCUT2D eigenvalue weighted by molar-refractivity contribution is -0.153. The molecule has 1 heterocycles. The molecule has 17 heavy (non-hydrogen) atoms. The molecule has 2 amide bonds. The molecule has 0 radical (unpaired) electrons. The van der Waals surface area contributed by atoms with Crippen LogP contribution in [0.1, 0.15) is 47.5 Å². The monoisotopic (exact) mass is 240 g/mol. The molecule has 0 spiro atoms. The van der Waals surface area contributed by atoms with Crippen molar-refractivity contribution in [3.63, 3.8) is 0 Å². The van der Waals surface area contributed by atoms with Crippen molar-refractivity contribution in [3.8, 4) is 0 Å². The Morgan fingerprint density at radius 2 is 1.82 bits per heavy atom. The lowest BCUT2D eigenvalue weighted by Crippen LogP contribution is -2.66. The first-order valence-corrected chi connectivity index (χ1v) is 6.56. The standard InChI is InChI=1S/C13H24N2O2/c1-6-9(5)11-13(17)15(8(3)4)10(7-2)12(16)14-11/h8-11H,6-7H2,1-5H3,(H,14,16). The van der Waals surface area contributed by atoms with Gasteiger partial charge < -0.3 is 10.2 Å². The van der Waals surface area contributed by atoms with Crippen LogP contribution in [0.15, 0.2) is 0 Å². The first-order chi connectivity index (χ1) is 7.93. The van der Waals surface area contributed by atoms with Crippen LogP contribution >= 0.6 is 0 Å². The van der Waals surface area contributed by atoms with E-state index in [4.69, 9.17) is 0 Å². The third kappa shape index (κ3) is 2.61. The molecule has 0 aromatic carbocycles. The molecule has 3 unspecified atom stereocenters. The van der Waals surface area contributed by atoms with Gasteiger partial charge in [0.15, 0.2) is 0 Å². The Morgan fingerprint density at radius 1 is 1.24 bits per heavy atom. The topological polar surface area (TPSA) is 49.4 Å². The van der Waals surface area contributed by atoms with Gasteiger partial charge in [-0.15, -0.1) is 0 Å². The van der Waals surface area contributed by atoms with Crippen molar-refractivity contribution < 1.29 is 9.59 Å². The quantitative estimate of drug-likeness (QED) is 0.810. The molecule has 4 nitrogen and oxygen atoms in total. The molecule has 1 saturated heterocycles. The number of hydrogen-bond acceptors (Lipinski definition) is 2. The highest BCUT2D eigenvalue weighted by molar-refractivity contribution is 5.97. The Morgan fingerprint density at radius 3 is 2.24 bits per heavy atom. The van der Waals surface area contributed by atoms with Crippen LogP contribution in [0.5, 0.6) is 0 Å². The fraction of sp³-hybridized carbons (Fsp3) is 0.846. The number of amides is 2. The van der Waals surface area contributed by atoms with Crippen molar-refractivity contribution in [1.82, 2.24) is 10.2 Å². The Bertz CT molecular complexity index is 302. The summed E-state index contributed by atoms with van der Waals surface area (Å²) in [6.45, 7) is 9.92. The second-order valence-electron chi connectivity index (χ2n) is 5.14. The van der Waals surface area contributed by atoms with Crippen LogP contribution in [0.3, 0.4) is 0 Å². The number of piperazine rings is 1. The van der Waals surface area contributed by atoms with Gasteiger partial charge in [-0.3, -0.25) is 9.59 Å². The lowest BCUT2D eigenvalue weighted by atomic mass is 9.93. The summed E-state index contributed by atoms with van der Waals surface area (Å²) in [4.78, 5) is 26.2. The SMILES string of the molecule is CCC(C)C1NC(=O)C(CC)N(C(C)C)C1=O. The van der Waals surface area contributed by atoms with E-state index in [-0.39, 0.29) is 35.9 Å². The number of nitrogens with zero attached hydrogens (tertiary/aromatic N) is 1. The van der Waals surface area contributed by atoms with Crippen molar-refractivity contribution in [1.29, 1.82) is 0 Å². The van der Waals surface area contributed by atoms with Crippen LogP contribution in [-0.4, -0.2) is 34.8 Å². The predicted molar refractivity (Wildman–Crippen MR) is 67.4 cm³/mol. The van der Waals surface area contributed by atoms with E-state index < -0.39 is 0 Å². The van der Waals surface area contributed by atoms with Gasteiger partial charge in [-0.25, -0.2) is 0 Å². The third-order valence-electron chi connectivity index (χ3n) is 3.61. The van der Waals surface area contributed by atoms with Crippen LogP contribution in [0.4, 0.5) is 0 Å². The van der Waals surface area contributed by atoms with E-state index in [1.165, 1.54) is 0 Å². The van der Waals surface area contributed by atoms with Crippen molar-refractivity contribution >= 4 is 11.8 Å². The molecule has 1 fully saturated rings. The molecule has 1 rings (SSSR count). The molecular weight excluding hydrogens is 216 g/mol. The molecule has 4 heteroatoms. The van der Waals surface area contributed by atoms with Gasteiger partial charge in [0, 0.05) is 6.04 Å². The van der Waals surface area contributed by atoms with Crippen LogP contribution in [0.25, 0.3) is 0 Å². The zero-order valence-electron chi connectivity index (χ0n) is 11.5. The highest BCUT2D eigenvalue weighted by Gasteiger charge is 2.42. The molecule has 1 aliphatic heterocycles. The maximum atomic E-state index is 12.4. The third-order valence-corrected chi connectivity index (χ3v) is 3.61. The van der Waals surface area contributed by atoms with E-state index in [0.29, 0.717) is 6.42 Å². The summed E-state index contributed by atoms with van der Waals surface area (Å²) in [6, 6.07) is -0.578. The molecule has 1 aliphatic rings. The molecule has 98 valence electrons. The Hall–Kier alpha value is -1.06. The summed E-state index contributed by atoms with van der Waals surface area (Å²) in [5, 5.41) is 2.87. The zero-order valence-corrected chi connectivity index (χ0v) is 11.5. The zero-order chi connectivity index (χ0) is 13.2. The Labute approximate surface area is 104 Å². The molecule has 0 aromatic heterocycles. The van der Waals surface area contributed by atoms with E-state index in [1.807, 2.05) is 34.6 Å². The van der Waals surface area contributed by atoms with Gasteiger partial charge in [0.2, 0.25) is 11.8 Å². The molecule has 0 aliphatic carbocycles. The normalized spacial score (nSPS) is 27.3. The lowest BCUT2D eigenvalue weighted by Gasteiger charge is -2.42. The summed E-state index contributed by atoms with van der Waals surface area (Å²) in [5.41, 5.74) is 0. The average Bonchev–Trinajstić information content (AvgIpc) is 2.29. The Balaban J connectivity index is 2.98. The Kier molecular flexibility index (Phi) is 4.54. The van der Waals surface area contributed by atoms with E-state index in [2.05, 4.69) is 5.32 Å². The van der Waals surface area contributed by atoms with Crippen LogP contribution in [-0.2, 0) is 9.59 Å². The predicted octanol–water partition coefficient (Wildman–Crippen LogP) is 1.55. The van der Waals surface area contributed by atoms with Crippen molar-refractivity contribution in [2.45, 2.75) is 65.6 Å². The van der Waals surface area contributed by atoms with Gasteiger partial charge in [0.25, 0.3) is 0 Å². The van der Waals surface area contributed by atoms with Crippen molar-refractivity contribution in [2.75, 3.05) is 0 Å². The number of rotatable bonds is 4. The molecule has 0 aromatic rings. The summed E-state index contributed by atoms with van der Waals surface area (Å²) < 4.78 is 0. The van der Waals surface area contributed by atoms with Gasteiger partial charge in [-0.1, -0.05) is 27.2 Å². The number of hydrogen-bond donors (Lipinski definition) is 1. The highest BCUT2D eigenvalue weighted by atomic mass is 16.2. The minimum Gasteiger partial charge on any atom is -0.342 e.